The van der Waals surface area contributed by atoms with Crippen molar-refractivity contribution in [3.63, 3.8) is 0 Å². The largest absolute Gasteiger partial charge is 0.392 e. The van der Waals surface area contributed by atoms with Crippen LogP contribution in [0.5, 0.6) is 0 Å². The lowest BCUT2D eigenvalue weighted by atomic mass is 10.1. The van der Waals surface area contributed by atoms with Gasteiger partial charge in [0.05, 0.1) is 16.8 Å². The van der Waals surface area contributed by atoms with Gasteiger partial charge in [-0.3, -0.25) is 4.98 Å². The molecule has 0 bridgehead atoms. The van der Waals surface area contributed by atoms with Crippen LogP contribution in [0, 0.1) is 0 Å². The normalized spacial score (nSPS) is 10.9. The molecule has 1 aromatic carbocycles. The number of aliphatic hydroxyl groups excluding tert-OH is 1. The second-order valence-corrected chi connectivity index (χ2v) is 6.30. The average Bonchev–Trinajstić information content (AvgIpc) is 3.04. The number of anilines is 2. The van der Waals surface area contributed by atoms with E-state index in [1.165, 1.54) is 0 Å². The van der Waals surface area contributed by atoms with Gasteiger partial charge in [-0.15, -0.1) is 0 Å². The van der Waals surface area contributed by atoms with Gasteiger partial charge in [0.1, 0.15) is 5.82 Å². The van der Waals surface area contributed by atoms with Crippen LogP contribution in [0.4, 0.5) is 10.9 Å². The minimum absolute atomic E-state index is 0.00760. The van der Waals surface area contributed by atoms with Gasteiger partial charge in [0.25, 0.3) is 0 Å². The Morgan fingerprint density at radius 2 is 1.83 bits per heavy atom. The molecule has 0 unspecified atom stereocenters. The number of fused-ring (bicyclic) bond motifs is 1. The molecular weight excluding hydrogens is 320 g/mol. The maximum Gasteiger partial charge on any atom is 0.189 e. The number of aromatic nitrogens is 3. The van der Waals surface area contributed by atoms with Crippen LogP contribution < -0.4 is 5.32 Å². The molecule has 0 aliphatic carbocycles. The molecule has 4 aromatic rings. The fourth-order valence-corrected chi connectivity index (χ4v) is 3.36. The second kappa shape index (κ2) is 6.35. The summed E-state index contributed by atoms with van der Waals surface area (Å²) in [5.41, 5.74) is 4.03. The minimum atomic E-state index is -0.00760. The Bertz CT molecular complexity index is 985. The summed E-state index contributed by atoms with van der Waals surface area (Å²) in [5, 5.41) is 13.2. The van der Waals surface area contributed by atoms with Crippen molar-refractivity contribution >= 4 is 32.5 Å². The lowest BCUT2D eigenvalue weighted by Gasteiger charge is -2.02. The van der Waals surface area contributed by atoms with E-state index in [-0.39, 0.29) is 6.61 Å². The highest BCUT2D eigenvalue weighted by Gasteiger charge is 2.07. The Kier molecular flexibility index (Phi) is 3.90. The number of hydrogen-bond donors (Lipinski definition) is 2. The van der Waals surface area contributed by atoms with Gasteiger partial charge in [-0.1, -0.05) is 17.4 Å². The van der Waals surface area contributed by atoms with Crippen molar-refractivity contribution in [2.45, 2.75) is 6.61 Å². The van der Waals surface area contributed by atoms with E-state index in [1.807, 2.05) is 24.3 Å². The number of pyridine rings is 2. The Balaban J connectivity index is 1.65. The van der Waals surface area contributed by atoms with E-state index >= 15 is 0 Å². The van der Waals surface area contributed by atoms with E-state index in [4.69, 9.17) is 0 Å². The maximum atomic E-state index is 9.21. The number of nitrogens with zero attached hydrogens (tertiary/aromatic N) is 3. The van der Waals surface area contributed by atoms with Gasteiger partial charge in [-0.25, -0.2) is 9.97 Å². The van der Waals surface area contributed by atoms with Crippen LogP contribution in [-0.2, 0) is 6.61 Å². The fourth-order valence-electron chi connectivity index (χ4n) is 2.45. The van der Waals surface area contributed by atoms with Crippen molar-refractivity contribution in [1.29, 1.82) is 0 Å². The SMILES string of the molecule is OCc1ccnc(Nc2nc3ccc(-c4ccncc4)cc3s2)c1. The topological polar surface area (TPSA) is 70.9 Å². The molecule has 3 heterocycles. The highest BCUT2D eigenvalue weighted by Crippen LogP contribution is 2.31. The van der Waals surface area contributed by atoms with Gasteiger partial charge in [0.2, 0.25) is 0 Å². The quantitative estimate of drug-likeness (QED) is 0.590. The minimum Gasteiger partial charge on any atom is -0.392 e. The van der Waals surface area contributed by atoms with Gasteiger partial charge in [-0.2, -0.15) is 0 Å². The number of thiazole rings is 1. The predicted octanol–water partition coefficient (Wildman–Crippen LogP) is 3.99. The van der Waals surface area contributed by atoms with Crippen LogP contribution in [0.3, 0.4) is 0 Å². The molecule has 3 aromatic heterocycles. The van der Waals surface area contributed by atoms with Crippen LogP contribution in [0.1, 0.15) is 5.56 Å². The van der Waals surface area contributed by atoms with Crippen LogP contribution in [0.2, 0.25) is 0 Å². The molecule has 24 heavy (non-hydrogen) atoms. The molecule has 4 rings (SSSR count). The maximum absolute atomic E-state index is 9.21. The molecule has 0 saturated carbocycles. The highest BCUT2D eigenvalue weighted by atomic mass is 32.1. The summed E-state index contributed by atoms with van der Waals surface area (Å²) in [5.74, 6) is 0.676. The van der Waals surface area contributed by atoms with E-state index in [0.29, 0.717) is 5.82 Å². The molecular formula is C18H14N4OS. The first kappa shape index (κ1) is 14.7. The summed E-state index contributed by atoms with van der Waals surface area (Å²) in [4.78, 5) is 12.9. The predicted molar refractivity (Wildman–Crippen MR) is 96.3 cm³/mol. The molecule has 0 aliphatic rings. The molecule has 6 heteroatoms. The standard InChI is InChI=1S/C18H14N4OS/c23-11-12-3-8-20-17(9-12)22-18-21-15-2-1-14(10-16(15)24-18)13-4-6-19-7-5-13/h1-10,23H,11H2,(H,20,21,22). The zero-order valence-electron chi connectivity index (χ0n) is 12.7. The molecule has 0 fully saturated rings. The fraction of sp³-hybridized carbons (Fsp3) is 0.0556. The van der Waals surface area contributed by atoms with Crippen molar-refractivity contribution in [3.8, 4) is 11.1 Å². The summed E-state index contributed by atoms with van der Waals surface area (Å²) in [6.45, 7) is -0.00760. The zero-order chi connectivity index (χ0) is 16.4. The van der Waals surface area contributed by atoms with Crippen molar-refractivity contribution in [3.05, 3.63) is 66.6 Å². The number of rotatable bonds is 4. The third-order valence-electron chi connectivity index (χ3n) is 3.64. The van der Waals surface area contributed by atoms with E-state index in [9.17, 15) is 5.11 Å². The van der Waals surface area contributed by atoms with E-state index < -0.39 is 0 Å². The Hall–Kier alpha value is -2.83. The van der Waals surface area contributed by atoms with E-state index in [0.717, 1.165) is 32.0 Å². The first-order chi connectivity index (χ1) is 11.8. The molecule has 0 atom stereocenters. The first-order valence-corrected chi connectivity index (χ1v) is 8.27. The number of hydrogen-bond acceptors (Lipinski definition) is 6. The molecule has 0 radical (unpaired) electrons. The lowest BCUT2D eigenvalue weighted by molar-refractivity contribution is 0.282. The summed E-state index contributed by atoms with van der Waals surface area (Å²) in [6.07, 6.45) is 5.25. The lowest BCUT2D eigenvalue weighted by Crippen LogP contribution is -1.94. The molecule has 0 spiro atoms. The Morgan fingerprint density at radius 3 is 2.67 bits per heavy atom. The third-order valence-corrected chi connectivity index (χ3v) is 4.58. The van der Waals surface area contributed by atoms with Gasteiger partial charge < -0.3 is 10.4 Å². The van der Waals surface area contributed by atoms with Crippen molar-refractivity contribution < 1.29 is 5.11 Å². The van der Waals surface area contributed by atoms with Gasteiger partial charge in [0.15, 0.2) is 5.13 Å². The second-order valence-electron chi connectivity index (χ2n) is 5.27. The molecule has 0 aliphatic heterocycles. The van der Waals surface area contributed by atoms with Crippen LogP contribution in [-0.4, -0.2) is 20.1 Å². The first-order valence-electron chi connectivity index (χ1n) is 7.45. The smallest absolute Gasteiger partial charge is 0.189 e. The number of benzene rings is 1. The molecule has 2 N–H and O–H groups in total. The zero-order valence-corrected chi connectivity index (χ0v) is 13.5. The van der Waals surface area contributed by atoms with Crippen LogP contribution >= 0.6 is 11.3 Å². The molecule has 5 nitrogen and oxygen atoms in total. The van der Waals surface area contributed by atoms with Gasteiger partial charge in [-0.05, 0) is 53.1 Å². The van der Waals surface area contributed by atoms with Crippen LogP contribution in [0.25, 0.3) is 21.3 Å². The third kappa shape index (κ3) is 2.97. The monoisotopic (exact) mass is 334 g/mol. The Labute approximate surface area is 142 Å². The van der Waals surface area contributed by atoms with Crippen molar-refractivity contribution in [1.82, 2.24) is 15.0 Å². The Morgan fingerprint density at radius 1 is 0.958 bits per heavy atom. The molecule has 0 amide bonds. The molecule has 0 saturated heterocycles. The molecule has 118 valence electrons. The summed E-state index contributed by atoms with van der Waals surface area (Å²) < 4.78 is 1.10. The number of aliphatic hydroxyl groups is 1. The van der Waals surface area contributed by atoms with Crippen LogP contribution in [0.15, 0.2) is 61.1 Å². The van der Waals surface area contributed by atoms with Crippen molar-refractivity contribution in [2.75, 3.05) is 5.32 Å². The van der Waals surface area contributed by atoms with Gasteiger partial charge in [0, 0.05) is 18.6 Å². The summed E-state index contributed by atoms with van der Waals surface area (Å²) >= 11 is 1.57. The number of nitrogens with one attached hydrogen (secondary N) is 1. The highest BCUT2D eigenvalue weighted by molar-refractivity contribution is 7.22. The van der Waals surface area contributed by atoms with Crippen molar-refractivity contribution in [2.24, 2.45) is 0 Å². The summed E-state index contributed by atoms with van der Waals surface area (Å²) in [6, 6.07) is 13.8. The summed E-state index contributed by atoms with van der Waals surface area (Å²) in [7, 11) is 0. The van der Waals surface area contributed by atoms with Gasteiger partial charge >= 0.3 is 0 Å². The van der Waals surface area contributed by atoms with E-state index in [1.54, 1.807) is 36.0 Å². The van der Waals surface area contributed by atoms with E-state index in [2.05, 4.69) is 32.4 Å². The average molecular weight is 334 g/mol.